The normalized spacial score (nSPS) is 10.7. The Kier molecular flexibility index (Phi) is 3.77. The second-order valence-corrected chi connectivity index (χ2v) is 5.89. The van der Waals surface area contributed by atoms with Crippen molar-refractivity contribution in [3.63, 3.8) is 0 Å². The monoisotopic (exact) mass is 319 g/mol. The molecule has 0 bridgehead atoms. The van der Waals surface area contributed by atoms with E-state index in [1.54, 1.807) is 30.3 Å². The molecule has 2 aromatic carbocycles. The van der Waals surface area contributed by atoms with E-state index >= 15 is 0 Å². The fraction of sp³-hybridized carbons (Fsp3) is 0.0667. The molecule has 0 aliphatic heterocycles. The van der Waals surface area contributed by atoms with Crippen molar-refractivity contribution in [1.29, 1.82) is 0 Å². The largest absolute Gasteiger partial charge is 0.486 e. The van der Waals surface area contributed by atoms with Gasteiger partial charge in [-0.3, -0.25) is 0 Å². The Morgan fingerprint density at radius 2 is 2.14 bits per heavy atom. The SMILES string of the molecule is O=C(O)c1ccc2nc(COc3cccc(Cl)c3)sc2c1. The van der Waals surface area contributed by atoms with Crippen LogP contribution in [0, 0.1) is 0 Å². The van der Waals surface area contributed by atoms with E-state index in [9.17, 15) is 4.79 Å². The molecule has 1 heterocycles. The van der Waals surface area contributed by atoms with Crippen LogP contribution in [0.25, 0.3) is 10.2 Å². The minimum atomic E-state index is -0.943. The molecule has 0 spiro atoms. The molecular formula is C15H10ClNO3S. The van der Waals surface area contributed by atoms with E-state index in [0.29, 0.717) is 17.4 Å². The molecule has 0 radical (unpaired) electrons. The maximum absolute atomic E-state index is 10.9. The standard InChI is InChI=1S/C15H10ClNO3S/c16-10-2-1-3-11(7-10)20-8-14-17-12-5-4-9(15(18)19)6-13(12)21-14/h1-7H,8H2,(H,18,19). The summed E-state index contributed by atoms with van der Waals surface area (Å²) < 4.78 is 6.46. The van der Waals surface area contributed by atoms with Crippen molar-refractivity contribution in [2.24, 2.45) is 0 Å². The third kappa shape index (κ3) is 3.15. The van der Waals surface area contributed by atoms with Crippen LogP contribution in [-0.4, -0.2) is 16.1 Å². The Balaban J connectivity index is 1.80. The van der Waals surface area contributed by atoms with Crippen molar-refractivity contribution >= 4 is 39.1 Å². The van der Waals surface area contributed by atoms with E-state index in [1.807, 2.05) is 12.1 Å². The van der Waals surface area contributed by atoms with Gasteiger partial charge in [0.25, 0.3) is 0 Å². The summed E-state index contributed by atoms with van der Waals surface area (Å²) in [5, 5.41) is 10.4. The van der Waals surface area contributed by atoms with Gasteiger partial charge in [-0.05, 0) is 36.4 Å². The summed E-state index contributed by atoms with van der Waals surface area (Å²) in [4.78, 5) is 15.4. The summed E-state index contributed by atoms with van der Waals surface area (Å²) >= 11 is 7.31. The molecule has 6 heteroatoms. The van der Waals surface area contributed by atoms with Gasteiger partial charge in [-0.25, -0.2) is 9.78 Å². The van der Waals surface area contributed by atoms with E-state index in [1.165, 1.54) is 11.3 Å². The predicted molar refractivity (Wildman–Crippen MR) is 82.4 cm³/mol. The van der Waals surface area contributed by atoms with E-state index < -0.39 is 5.97 Å². The topological polar surface area (TPSA) is 59.4 Å². The van der Waals surface area contributed by atoms with Gasteiger partial charge in [-0.15, -0.1) is 11.3 Å². The van der Waals surface area contributed by atoms with Crippen LogP contribution in [0.3, 0.4) is 0 Å². The molecular weight excluding hydrogens is 310 g/mol. The molecule has 4 nitrogen and oxygen atoms in total. The number of hydrogen-bond donors (Lipinski definition) is 1. The first kappa shape index (κ1) is 13.9. The van der Waals surface area contributed by atoms with Crippen LogP contribution in [0.15, 0.2) is 42.5 Å². The van der Waals surface area contributed by atoms with E-state index in [0.717, 1.165) is 15.2 Å². The second kappa shape index (κ2) is 5.71. The molecule has 1 N–H and O–H groups in total. The van der Waals surface area contributed by atoms with Gasteiger partial charge in [-0.2, -0.15) is 0 Å². The third-order valence-electron chi connectivity index (χ3n) is 2.84. The molecule has 3 rings (SSSR count). The second-order valence-electron chi connectivity index (χ2n) is 4.34. The van der Waals surface area contributed by atoms with Gasteiger partial charge in [0.05, 0.1) is 15.8 Å². The molecule has 0 atom stereocenters. The summed E-state index contributed by atoms with van der Waals surface area (Å²) in [5.74, 6) is -0.269. The summed E-state index contributed by atoms with van der Waals surface area (Å²) in [6, 6.07) is 12.0. The highest BCUT2D eigenvalue weighted by Gasteiger charge is 2.08. The average molecular weight is 320 g/mol. The highest BCUT2D eigenvalue weighted by Crippen LogP contribution is 2.25. The molecule has 0 aliphatic rings. The van der Waals surface area contributed by atoms with Crippen molar-refractivity contribution in [1.82, 2.24) is 4.98 Å². The number of rotatable bonds is 4. The van der Waals surface area contributed by atoms with Crippen molar-refractivity contribution in [3.8, 4) is 5.75 Å². The molecule has 0 unspecified atom stereocenters. The van der Waals surface area contributed by atoms with Gasteiger partial charge >= 0.3 is 5.97 Å². The van der Waals surface area contributed by atoms with Crippen LogP contribution in [0.5, 0.6) is 5.75 Å². The van der Waals surface area contributed by atoms with Crippen LogP contribution in [0.1, 0.15) is 15.4 Å². The Morgan fingerprint density at radius 1 is 1.29 bits per heavy atom. The van der Waals surface area contributed by atoms with Gasteiger partial charge in [-0.1, -0.05) is 17.7 Å². The van der Waals surface area contributed by atoms with Crippen LogP contribution in [0.2, 0.25) is 5.02 Å². The zero-order chi connectivity index (χ0) is 14.8. The number of carboxylic acid groups (broad SMARTS) is 1. The lowest BCUT2D eigenvalue weighted by molar-refractivity contribution is 0.0697. The summed E-state index contributed by atoms with van der Waals surface area (Å²) in [6.07, 6.45) is 0. The highest BCUT2D eigenvalue weighted by atomic mass is 35.5. The van der Waals surface area contributed by atoms with Gasteiger partial charge in [0.1, 0.15) is 17.4 Å². The lowest BCUT2D eigenvalue weighted by Gasteiger charge is -2.03. The molecule has 0 saturated carbocycles. The molecule has 3 aromatic rings. The van der Waals surface area contributed by atoms with Crippen LogP contribution in [-0.2, 0) is 6.61 Å². The number of hydrogen-bond acceptors (Lipinski definition) is 4. The van der Waals surface area contributed by atoms with Crippen molar-refractivity contribution in [3.05, 3.63) is 58.1 Å². The fourth-order valence-corrected chi connectivity index (χ4v) is 2.97. The Labute approximate surface area is 129 Å². The Hall–Kier alpha value is -2.11. The Bertz CT molecular complexity index is 816. The number of nitrogens with zero attached hydrogens (tertiary/aromatic N) is 1. The van der Waals surface area contributed by atoms with E-state index in [4.69, 9.17) is 21.4 Å². The zero-order valence-electron chi connectivity index (χ0n) is 10.7. The van der Waals surface area contributed by atoms with Gasteiger partial charge < -0.3 is 9.84 Å². The smallest absolute Gasteiger partial charge is 0.335 e. The number of carbonyl (C=O) groups is 1. The van der Waals surface area contributed by atoms with Gasteiger partial charge in [0, 0.05) is 5.02 Å². The molecule has 21 heavy (non-hydrogen) atoms. The molecule has 0 saturated heterocycles. The maximum Gasteiger partial charge on any atom is 0.335 e. The number of ether oxygens (including phenoxy) is 1. The molecule has 106 valence electrons. The number of benzene rings is 2. The lowest BCUT2D eigenvalue weighted by Crippen LogP contribution is -1.94. The molecule has 0 aliphatic carbocycles. The summed E-state index contributed by atoms with van der Waals surface area (Å²) in [7, 11) is 0. The fourth-order valence-electron chi connectivity index (χ4n) is 1.87. The number of fused-ring (bicyclic) bond motifs is 1. The number of aromatic carboxylic acids is 1. The first-order valence-electron chi connectivity index (χ1n) is 6.13. The van der Waals surface area contributed by atoms with Crippen molar-refractivity contribution < 1.29 is 14.6 Å². The average Bonchev–Trinajstić information content (AvgIpc) is 2.87. The molecule has 1 aromatic heterocycles. The van der Waals surface area contributed by atoms with Crippen molar-refractivity contribution in [2.45, 2.75) is 6.61 Å². The molecule has 0 amide bonds. The number of thiazole rings is 1. The van der Waals surface area contributed by atoms with Crippen LogP contribution < -0.4 is 4.74 Å². The lowest BCUT2D eigenvalue weighted by atomic mass is 10.2. The maximum atomic E-state index is 10.9. The number of aromatic nitrogens is 1. The van der Waals surface area contributed by atoms with Crippen LogP contribution >= 0.6 is 22.9 Å². The first-order valence-corrected chi connectivity index (χ1v) is 7.32. The minimum absolute atomic E-state index is 0.258. The van der Waals surface area contributed by atoms with E-state index in [-0.39, 0.29) is 5.56 Å². The predicted octanol–water partition coefficient (Wildman–Crippen LogP) is 4.23. The van der Waals surface area contributed by atoms with E-state index in [2.05, 4.69) is 4.98 Å². The van der Waals surface area contributed by atoms with Gasteiger partial charge in [0.15, 0.2) is 0 Å². The molecule has 0 fully saturated rings. The quantitative estimate of drug-likeness (QED) is 0.782. The third-order valence-corrected chi connectivity index (χ3v) is 4.06. The highest BCUT2D eigenvalue weighted by molar-refractivity contribution is 7.18. The number of halogens is 1. The van der Waals surface area contributed by atoms with Gasteiger partial charge in [0.2, 0.25) is 0 Å². The Morgan fingerprint density at radius 3 is 2.90 bits per heavy atom. The number of carboxylic acids is 1. The first-order chi connectivity index (χ1) is 10.1. The summed E-state index contributed by atoms with van der Waals surface area (Å²) in [5.41, 5.74) is 1.03. The van der Waals surface area contributed by atoms with Crippen molar-refractivity contribution in [2.75, 3.05) is 0 Å². The minimum Gasteiger partial charge on any atom is -0.486 e. The zero-order valence-corrected chi connectivity index (χ0v) is 12.3. The van der Waals surface area contributed by atoms with Crippen LogP contribution in [0.4, 0.5) is 0 Å². The summed E-state index contributed by atoms with van der Waals surface area (Å²) in [6.45, 7) is 0.322.